The van der Waals surface area contributed by atoms with Crippen molar-refractivity contribution in [3.8, 4) is 0 Å². The molecule has 1 aromatic rings. The Morgan fingerprint density at radius 3 is 2.67 bits per heavy atom. The lowest BCUT2D eigenvalue weighted by molar-refractivity contribution is -0.143. The summed E-state index contributed by atoms with van der Waals surface area (Å²) >= 11 is 1.18. The number of carbonyl (C=O) groups is 4. The highest BCUT2D eigenvalue weighted by molar-refractivity contribution is 8.00. The van der Waals surface area contributed by atoms with Crippen LogP contribution in [0.5, 0.6) is 0 Å². The first-order chi connectivity index (χ1) is 14.5. The second kappa shape index (κ2) is 12.9. The first-order valence-electron chi connectivity index (χ1n) is 9.86. The van der Waals surface area contributed by atoms with Crippen molar-refractivity contribution >= 4 is 35.5 Å². The molecule has 0 aliphatic carbocycles. The fourth-order valence-corrected chi connectivity index (χ4v) is 3.77. The molecule has 30 heavy (non-hydrogen) atoms. The van der Waals surface area contributed by atoms with Crippen LogP contribution in [0.25, 0.3) is 0 Å². The monoisotopic (exact) mass is 436 g/mol. The van der Waals surface area contributed by atoms with Gasteiger partial charge in [0, 0.05) is 25.4 Å². The topological polar surface area (TPSA) is 126 Å². The van der Waals surface area contributed by atoms with Crippen LogP contribution < -0.4 is 21.3 Å². The minimum atomic E-state index is -0.502. The summed E-state index contributed by atoms with van der Waals surface area (Å²) in [5, 5.41) is 11.2. The molecule has 0 radical (unpaired) electrons. The van der Waals surface area contributed by atoms with Gasteiger partial charge < -0.3 is 20.7 Å². The number of rotatable bonds is 11. The van der Waals surface area contributed by atoms with Crippen molar-refractivity contribution in [2.24, 2.45) is 0 Å². The maximum absolute atomic E-state index is 12.2. The molecule has 1 fully saturated rings. The highest BCUT2D eigenvalue weighted by Gasteiger charge is 2.28. The van der Waals surface area contributed by atoms with Crippen molar-refractivity contribution in [3.05, 3.63) is 35.9 Å². The summed E-state index contributed by atoms with van der Waals surface area (Å²) in [4.78, 5) is 47.2. The van der Waals surface area contributed by atoms with Crippen molar-refractivity contribution in [2.75, 3.05) is 25.4 Å². The van der Waals surface area contributed by atoms with Crippen LogP contribution in [-0.4, -0.2) is 60.7 Å². The van der Waals surface area contributed by atoms with Crippen LogP contribution in [0.15, 0.2) is 30.3 Å². The van der Waals surface area contributed by atoms with Crippen LogP contribution >= 0.6 is 11.8 Å². The fraction of sp³-hybridized carbons (Fsp3) is 0.500. The van der Waals surface area contributed by atoms with Crippen molar-refractivity contribution in [1.82, 2.24) is 21.3 Å². The van der Waals surface area contributed by atoms with Gasteiger partial charge in [0.05, 0.1) is 12.4 Å². The van der Waals surface area contributed by atoms with E-state index < -0.39 is 11.5 Å². The summed E-state index contributed by atoms with van der Waals surface area (Å²) < 4.78 is 4.74. The zero-order valence-electron chi connectivity index (χ0n) is 16.9. The number of carbonyl (C=O) groups excluding carboxylic acids is 4. The Balaban J connectivity index is 1.67. The average molecular weight is 437 g/mol. The van der Waals surface area contributed by atoms with Crippen molar-refractivity contribution < 1.29 is 23.9 Å². The molecule has 0 saturated carbocycles. The molecule has 0 bridgehead atoms. The molecule has 1 heterocycles. The number of nitrogens with one attached hydrogen (secondary N) is 4. The first kappa shape index (κ1) is 23.7. The van der Waals surface area contributed by atoms with Gasteiger partial charge in [-0.1, -0.05) is 30.3 Å². The van der Waals surface area contributed by atoms with Gasteiger partial charge in [0.2, 0.25) is 17.7 Å². The molecule has 10 heteroatoms. The van der Waals surface area contributed by atoms with E-state index in [4.69, 9.17) is 4.74 Å². The highest BCUT2D eigenvalue weighted by Crippen LogP contribution is 2.13. The van der Waals surface area contributed by atoms with Gasteiger partial charge in [-0.2, -0.15) is 0 Å². The van der Waals surface area contributed by atoms with E-state index in [0.29, 0.717) is 6.54 Å². The van der Waals surface area contributed by atoms with Crippen molar-refractivity contribution in [2.45, 2.75) is 37.7 Å². The normalized spacial score (nSPS) is 18.2. The van der Waals surface area contributed by atoms with E-state index in [1.54, 1.807) is 6.92 Å². The maximum Gasteiger partial charge on any atom is 0.325 e. The molecule has 9 nitrogen and oxygen atoms in total. The van der Waals surface area contributed by atoms with Gasteiger partial charge in [-0.05, 0) is 18.9 Å². The summed E-state index contributed by atoms with van der Waals surface area (Å²) in [6.45, 7) is 2.28. The van der Waals surface area contributed by atoms with Crippen LogP contribution in [0.2, 0.25) is 0 Å². The molecule has 1 aliphatic heterocycles. The standard InChI is InChI=1S/C20H28N4O5S/c1-2-29-19(28)12-22-18(27)13-30-20-23-15(11-17(26)24-20)10-16(25)21-9-8-14-6-4-3-5-7-14/h3-7,15,20,23H,2,8-13H2,1H3,(H,21,25)(H,22,27)(H,24,26). The summed E-state index contributed by atoms with van der Waals surface area (Å²) in [6, 6.07) is 9.55. The Bertz CT molecular complexity index is 731. The molecule has 0 aromatic heterocycles. The van der Waals surface area contributed by atoms with E-state index in [1.165, 1.54) is 11.8 Å². The zero-order valence-corrected chi connectivity index (χ0v) is 17.8. The van der Waals surface area contributed by atoms with Crippen LogP contribution in [0.4, 0.5) is 0 Å². The van der Waals surface area contributed by atoms with Gasteiger partial charge in [0.15, 0.2) is 0 Å². The number of hydrogen-bond donors (Lipinski definition) is 4. The third-order valence-corrected chi connectivity index (χ3v) is 5.25. The lowest BCUT2D eigenvalue weighted by atomic mass is 10.1. The number of ether oxygens (including phenoxy) is 1. The minimum Gasteiger partial charge on any atom is -0.465 e. The second-order valence-corrected chi connectivity index (χ2v) is 7.79. The SMILES string of the molecule is CCOC(=O)CNC(=O)CSC1NC(=O)CC(CC(=O)NCCc2ccccc2)N1. The number of esters is 1. The lowest BCUT2D eigenvalue weighted by Crippen LogP contribution is -2.56. The van der Waals surface area contributed by atoms with Gasteiger partial charge in [-0.25, -0.2) is 0 Å². The largest absolute Gasteiger partial charge is 0.465 e. The molecule has 4 N–H and O–H groups in total. The molecular weight excluding hydrogens is 408 g/mol. The Labute approximate surface area is 180 Å². The van der Waals surface area contributed by atoms with E-state index in [-0.39, 0.29) is 55.5 Å². The average Bonchev–Trinajstić information content (AvgIpc) is 2.71. The van der Waals surface area contributed by atoms with Gasteiger partial charge >= 0.3 is 5.97 Å². The Hall–Kier alpha value is -2.59. The summed E-state index contributed by atoms with van der Waals surface area (Å²) in [5.41, 5.74) is 0.660. The van der Waals surface area contributed by atoms with Crippen LogP contribution in [0.3, 0.4) is 0 Å². The molecular formula is C20H28N4O5S. The van der Waals surface area contributed by atoms with Gasteiger partial charge in [0.1, 0.15) is 12.0 Å². The quantitative estimate of drug-likeness (QED) is 0.357. The lowest BCUT2D eigenvalue weighted by Gasteiger charge is -2.30. The molecule has 1 aliphatic rings. The number of amides is 3. The van der Waals surface area contributed by atoms with Crippen LogP contribution in [-0.2, 0) is 30.3 Å². The first-order valence-corrected chi connectivity index (χ1v) is 10.9. The molecule has 3 amide bonds. The van der Waals surface area contributed by atoms with E-state index in [9.17, 15) is 19.2 Å². The molecule has 1 saturated heterocycles. The van der Waals surface area contributed by atoms with Gasteiger partial charge in [-0.3, -0.25) is 24.5 Å². The fourth-order valence-electron chi connectivity index (χ4n) is 2.84. The predicted octanol–water partition coefficient (Wildman–Crippen LogP) is -0.0904. The molecule has 2 rings (SSSR count). The van der Waals surface area contributed by atoms with E-state index in [2.05, 4.69) is 21.3 Å². The van der Waals surface area contributed by atoms with Crippen molar-refractivity contribution in [1.29, 1.82) is 0 Å². The molecule has 2 atom stereocenters. The summed E-state index contributed by atoms with van der Waals surface area (Å²) in [6.07, 6.45) is 1.11. The minimum absolute atomic E-state index is 0.0490. The van der Waals surface area contributed by atoms with E-state index in [1.807, 2.05) is 30.3 Å². The summed E-state index contributed by atoms with van der Waals surface area (Å²) in [5.74, 6) is -1.11. The van der Waals surface area contributed by atoms with E-state index in [0.717, 1.165) is 12.0 Å². The van der Waals surface area contributed by atoms with Gasteiger partial charge in [0.25, 0.3) is 0 Å². The smallest absolute Gasteiger partial charge is 0.325 e. The molecule has 1 aromatic carbocycles. The maximum atomic E-state index is 12.2. The van der Waals surface area contributed by atoms with Gasteiger partial charge in [-0.15, -0.1) is 11.8 Å². The third kappa shape index (κ3) is 9.27. The third-order valence-electron chi connectivity index (χ3n) is 4.24. The Morgan fingerprint density at radius 1 is 1.17 bits per heavy atom. The predicted molar refractivity (Wildman–Crippen MR) is 113 cm³/mol. The number of hydrogen-bond acceptors (Lipinski definition) is 7. The van der Waals surface area contributed by atoms with E-state index >= 15 is 0 Å². The zero-order chi connectivity index (χ0) is 21.8. The Morgan fingerprint density at radius 2 is 1.93 bits per heavy atom. The Kier molecular flexibility index (Phi) is 10.2. The van der Waals surface area contributed by atoms with Crippen LogP contribution in [0.1, 0.15) is 25.3 Å². The molecule has 2 unspecified atom stereocenters. The second-order valence-electron chi connectivity index (χ2n) is 6.70. The number of thioether (sulfide) groups is 1. The van der Waals surface area contributed by atoms with Crippen LogP contribution in [0, 0.1) is 0 Å². The highest BCUT2D eigenvalue weighted by atomic mass is 32.2. The van der Waals surface area contributed by atoms with Crippen molar-refractivity contribution in [3.63, 3.8) is 0 Å². The number of benzene rings is 1. The summed E-state index contributed by atoms with van der Waals surface area (Å²) in [7, 11) is 0. The molecule has 0 spiro atoms. The molecule has 164 valence electrons.